The fourth-order valence-electron chi connectivity index (χ4n) is 1.90. The first-order chi connectivity index (χ1) is 10.6. The SMILES string of the molecule is O=C(Cl)c1cc(Cl)ccc1S(=O)(=O)c1ccc(Cl)cc1C(=O)Cl. The van der Waals surface area contributed by atoms with Gasteiger partial charge in [0.15, 0.2) is 0 Å². The highest BCUT2D eigenvalue weighted by Crippen LogP contribution is 2.31. The van der Waals surface area contributed by atoms with E-state index in [-0.39, 0.29) is 31.0 Å². The Bertz CT molecular complexity index is 853. The van der Waals surface area contributed by atoms with E-state index in [9.17, 15) is 18.0 Å². The van der Waals surface area contributed by atoms with E-state index in [1.54, 1.807) is 0 Å². The fraction of sp³-hybridized carbons (Fsp3) is 0. The lowest BCUT2D eigenvalue weighted by molar-refractivity contribution is 0.107. The Morgan fingerprint density at radius 3 is 1.39 bits per heavy atom. The topological polar surface area (TPSA) is 68.3 Å². The van der Waals surface area contributed by atoms with Crippen molar-refractivity contribution in [3.05, 3.63) is 57.6 Å². The molecule has 0 saturated carbocycles. The van der Waals surface area contributed by atoms with E-state index in [0.29, 0.717) is 0 Å². The zero-order chi connectivity index (χ0) is 17.4. The maximum atomic E-state index is 12.8. The Morgan fingerprint density at radius 1 is 0.739 bits per heavy atom. The average Bonchev–Trinajstić information content (AvgIpc) is 2.46. The summed E-state index contributed by atoms with van der Waals surface area (Å²) in [5, 5.41) is -1.73. The largest absolute Gasteiger partial charge is 0.276 e. The highest BCUT2D eigenvalue weighted by molar-refractivity contribution is 7.91. The van der Waals surface area contributed by atoms with Crippen molar-refractivity contribution in [2.24, 2.45) is 0 Å². The Labute approximate surface area is 151 Å². The molecule has 0 amide bonds. The molecule has 0 bridgehead atoms. The number of carbonyl (C=O) groups is 2. The molecule has 0 heterocycles. The molecule has 0 atom stereocenters. The summed E-state index contributed by atoms with van der Waals surface area (Å²) >= 11 is 22.4. The Hall–Kier alpha value is -1.11. The maximum absolute atomic E-state index is 12.8. The highest BCUT2D eigenvalue weighted by Gasteiger charge is 2.28. The molecular formula is C14H6Cl4O4S. The number of sulfone groups is 1. The van der Waals surface area contributed by atoms with Gasteiger partial charge >= 0.3 is 0 Å². The van der Waals surface area contributed by atoms with Crippen LogP contribution in [0.15, 0.2) is 46.2 Å². The van der Waals surface area contributed by atoms with Crippen molar-refractivity contribution >= 4 is 66.7 Å². The third kappa shape index (κ3) is 3.70. The molecule has 0 aromatic heterocycles. The lowest BCUT2D eigenvalue weighted by Crippen LogP contribution is -2.11. The predicted molar refractivity (Wildman–Crippen MR) is 88.7 cm³/mol. The number of hydrogen-bond donors (Lipinski definition) is 0. The zero-order valence-electron chi connectivity index (χ0n) is 11.0. The van der Waals surface area contributed by atoms with Gasteiger partial charge in [0, 0.05) is 10.0 Å². The minimum atomic E-state index is -4.25. The number of hydrogen-bond acceptors (Lipinski definition) is 4. The van der Waals surface area contributed by atoms with Gasteiger partial charge in [0.1, 0.15) is 0 Å². The Balaban J connectivity index is 2.79. The molecule has 23 heavy (non-hydrogen) atoms. The first-order valence-corrected chi connectivity index (χ1v) is 8.88. The van der Waals surface area contributed by atoms with Crippen LogP contribution in [0.3, 0.4) is 0 Å². The van der Waals surface area contributed by atoms with E-state index >= 15 is 0 Å². The molecule has 2 aromatic carbocycles. The van der Waals surface area contributed by atoms with E-state index in [2.05, 4.69) is 0 Å². The van der Waals surface area contributed by atoms with Gasteiger partial charge in [0.05, 0.1) is 20.9 Å². The molecule has 9 heteroatoms. The number of carbonyl (C=O) groups excluding carboxylic acids is 2. The summed E-state index contributed by atoms with van der Waals surface area (Å²) in [6, 6.07) is 7.09. The van der Waals surface area contributed by atoms with Gasteiger partial charge in [-0.15, -0.1) is 0 Å². The summed E-state index contributed by atoms with van der Waals surface area (Å²) in [4.78, 5) is 22.2. The van der Waals surface area contributed by atoms with Crippen LogP contribution in [0.25, 0.3) is 0 Å². The van der Waals surface area contributed by atoms with Crippen molar-refractivity contribution in [3.8, 4) is 0 Å². The molecule has 0 fully saturated rings. The van der Waals surface area contributed by atoms with Gasteiger partial charge in [0.2, 0.25) is 9.84 Å². The molecule has 2 aromatic rings. The predicted octanol–water partition coefficient (Wildman–Crippen LogP) is 4.58. The van der Waals surface area contributed by atoms with Gasteiger partial charge < -0.3 is 0 Å². The van der Waals surface area contributed by atoms with Crippen LogP contribution in [-0.2, 0) is 9.84 Å². The summed E-state index contributed by atoms with van der Waals surface area (Å²) in [6.45, 7) is 0. The summed E-state index contributed by atoms with van der Waals surface area (Å²) in [5.74, 6) is 0. The molecule has 4 nitrogen and oxygen atoms in total. The Kier molecular flexibility index (Phi) is 5.38. The van der Waals surface area contributed by atoms with Crippen LogP contribution in [0.2, 0.25) is 10.0 Å². The molecule has 0 aliphatic carbocycles. The fourth-order valence-corrected chi connectivity index (χ4v) is 4.28. The zero-order valence-corrected chi connectivity index (χ0v) is 14.9. The molecule has 0 N–H and O–H groups in total. The average molecular weight is 412 g/mol. The molecule has 0 aliphatic rings. The Morgan fingerprint density at radius 2 is 1.09 bits per heavy atom. The molecule has 0 unspecified atom stereocenters. The second kappa shape index (κ2) is 6.79. The molecule has 0 aliphatic heterocycles. The van der Waals surface area contributed by atoms with E-state index in [1.807, 2.05) is 0 Å². The molecule has 120 valence electrons. The minimum Gasteiger partial charge on any atom is -0.276 e. The lowest BCUT2D eigenvalue weighted by Gasteiger charge is -2.11. The second-order valence-corrected chi connectivity index (χ2v) is 7.78. The first-order valence-electron chi connectivity index (χ1n) is 5.88. The smallest absolute Gasteiger partial charge is 0.253 e. The van der Waals surface area contributed by atoms with E-state index in [1.165, 1.54) is 12.1 Å². The van der Waals surface area contributed by atoms with Crippen molar-refractivity contribution in [2.75, 3.05) is 0 Å². The van der Waals surface area contributed by atoms with Gasteiger partial charge in [-0.2, -0.15) is 0 Å². The van der Waals surface area contributed by atoms with Crippen LogP contribution >= 0.6 is 46.4 Å². The van der Waals surface area contributed by atoms with Crippen molar-refractivity contribution in [1.29, 1.82) is 0 Å². The second-order valence-electron chi connectivity index (χ2n) is 4.33. The standard InChI is InChI=1S/C14H6Cl4O4S/c15-7-1-3-11(9(5-7)13(17)19)23(21,22)12-4-2-8(16)6-10(12)14(18)20/h1-6H. The number of rotatable bonds is 4. The molecule has 0 spiro atoms. The monoisotopic (exact) mass is 410 g/mol. The van der Waals surface area contributed by atoms with Crippen LogP contribution in [0, 0.1) is 0 Å². The van der Waals surface area contributed by atoms with Crippen molar-refractivity contribution < 1.29 is 18.0 Å². The highest BCUT2D eigenvalue weighted by atomic mass is 35.5. The van der Waals surface area contributed by atoms with Crippen LogP contribution in [0.4, 0.5) is 0 Å². The van der Waals surface area contributed by atoms with Crippen LogP contribution in [0.5, 0.6) is 0 Å². The van der Waals surface area contributed by atoms with Crippen molar-refractivity contribution in [2.45, 2.75) is 9.79 Å². The van der Waals surface area contributed by atoms with Crippen LogP contribution < -0.4 is 0 Å². The third-order valence-electron chi connectivity index (χ3n) is 2.89. The number of halogens is 4. The molecule has 0 radical (unpaired) electrons. The van der Waals surface area contributed by atoms with Gasteiger partial charge in [-0.1, -0.05) is 23.2 Å². The normalized spacial score (nSPS) is 11.3. The summed E-state index contributed by atoms with van der Waals surface area (Å²) in [5.41, 5.74) is -0.607. The summed E-state index contributed by atoms with van der Waals surface area (Å²) in [6.07, 6.45) is 0. The number of benzene rings is 2. The minimum absolute atomic E-state index is 0.137. The molecular weight excluding hydrogens is 406 g/mol. The quantitative estimate of drug-likeness (QED) is 0.690. The molecule has 2 rings (SSSR count). The lowest BCUT2D eigenvalue weighted by atomic mass is 10.2. The maximum Gasteiger partial charge on any atom is 0.253 e. The van der Waals surface area contributed by atoms with Gasteiger partial charge in [-0.3, -0.25) is 9.59 Å². The molecule has 0 saturated heterocycles. The van der Waals surface area contributed by atoms with Crippen LogP contribution in [0.1, 0.15) is 20.7 Å². The van der Waals surface area contributed by atoms with Crippen LogP contribution in [-0.4, -0.2) is 18.9 Å². The van der Waals surface area contributed by atoms with E-state index < -0.39 is 20.3 Å². The van der Waals surface area contributed by atoms with Gasteiger partial charge in [-0.25, -0.2) is 8.42 Å². The van der Waals surface area contributed by atoms with E-state index in [4.69, 9.17) is 46.4 Å². The first kappa shape index (κ1) is 18.2. The van der Waals surface area contributed by atoms with E-state index in [0.717, 1.165) is 24.3 Å². The summed E-state index contributed by atoms with van der Waals surface area (Å²) in [7, 11) is -4.25. The third-order valence-corrected chi connectivity index (χ3v) is 5.63. The van der Waals surface area contributed by atoms with Crippen molar-refractivity contribution in [1.82, 2.24) is 0 Å². The van der Waals surface area contributed by atoms with Gasteiger partial charge in [-0.05, 0) is 59.6 Å². The van der Waals surface area contributed by atoms with Crippen molar-refractivity contribution in [3.63, 3.8) is 0 Å². The summed E-state index contributed by atoms with van der Waals surface area (Å²) < 4.78 is 25.6. The van der Waals surface area contributed by atoms with Gasteiger partial charge in [0.25, 0.3) is 10.5 Å².